The van der Waals surface area contributed by atoms with E-state index in [1.54, 1.807) is 6.92 Å². The molecule has 1 amide bonds. The second-order valence-electron chi connectivity index (χ2n) is 5.97. The standard InChI is InChI=1S/C19H13Cl2F3N2O2/c1-2-26-9-13(18(28)25-15-8-11(20)4-5-14(15)21)17(27)12-7-10(19(22,23)24)3-6-16(12)26/h3-9H,2H2,1H3,(H,25,28). The number of amides is 1. The maximum absolute atomic E-state index is 13.0. The van der Waals surface area contributed by atoms with Crippen LogP contribution in [0.1, 0.15) is 22.8 Å². The topological polar surface area (TPSA) is 51.1 Å². The van der Waals surface area contributed by atoms with Crippen LogP contribution in [0.4, 0.5) is 18.9 Å². The predicted octanol–water partition coefficient (Wildman–Crippen LogP) is 5.60. The summed E-state index contributed by atoms with van der Waals surface area (Å²) in [6.45, 7) is 2.09. The van der Waals surface area contributed by atoms with E-state index in [4.69, 9.17) is 23.2 Å². The number of halogens is 5. The minimum Gasteiger partial charge on any atom is -0.347 e. The smallest absolute Gasteiger partial charge is 0.347 e. The van der Waals surface area contributed by atoms with Crippen molar-refractivity contribution in [2.45, 2.75) is 19.6 Å². The molecule has 1 heterocycles. The minimum absolute atomic E-state index is 0.186. The lowest BCUT2D eigenvalue weighted by molar-refractivity contribution is -0.137. The molecule has 0 bridgehead atoms. The molecule has 0 atom stereocenters. The van der Waals surface area contributed by atoms with Crippen molar-refractivity contribution in [3.63, 3.8) is 0 Å². The summed E-state index contributed by atoms with van der Waals surface area (Å²) in [5.74, 6) is -0.796. The Bertz CT molecular complexity index is 1140. The first-order valence-electron chi connectivity index (χ1n) is 8.12. The van der Waals surface area contributed by atoms with Crippen LogP contribution in [0.5, 0.6) is 0 Å². The molecule has 0 unspecified atom stereocenters. The molecular formula is C19H13Cl2F3N2O2. The zero-order valence-corrected chi connectivity index (χ0v) is 15.9. The van der Waals surface area contributed by atoms with E-state index in [1.165, 1.54) is 35.0 Å². The van der Waals surface area contributed by atoms with Gasteiger partial charge in [-0.05, 0) is 43.3 Å². The molecule has 0 aliphatic rings. The number of pyridine rings is 1. The van der Waals surface area contributed by atoms with Crippen molar-refractivity contribution in [2.24, 2.45) is 0 Å². The van der Waals surface area contributed by atoms with E-state index in [2.05, 4.69) is 5.32 Å². The second kappa shape index (κ2) is 7.48. The number of hydrogen-bond acceptors (Lipinski definition) is 2. The molecule has 146 valence electrons. The van der Waals surface area contributed by atoms with Crippen molar-refractivity contribution in [3.05, 3.63) is 74.0 Å². The Balaban J connectivity index is 2.15. The average molecular weight is 429 g/mol. The van der Waals surface area contributed by atoms with Crippen LogP contribution in [0.2, 0.25) is 10.0 Å². The maximum atomic E-state index is 13.0. The lowest BCUT2D eigenvalue weighted by Crippen LogP contribution is -2.24. The van der Waals surface area contributed by atoms with Gasteiger partial charge in [-0.25, -0.2) is 0 Å². The molecule has 1 aromatic heterocycles. The molecule has 0 saturated carbocycles. The number of anilines is 1. The molecule has 3 rings (SSSR count). The summed E-state index contributed by atoms with van der Waals surface area (Å²) in [5, 5.41) is 2.81. The number of carbonyl (C=O) groups excluding carboxylic acids is 1. The molecule has 9 heteroatoms. The summed E-state index contributed by atoms with van der Waals surface area (Å²) in [4.78, 5) is 25.4. The third-order valence-electron chi connectivity index (χ3n) is 4.17. The number of alkyl halides is 3. The fourth-order valence-electron chi connectivity index (χ4n) is 2.78. The highest BCUT2D eigenvalue weighted by molar-refractivity contribution is 6.35. The van der Waals surface area contributed by atoms with Gasteiger partial charge in [-0.3, -0.25) is 9.59 Å². The zero-order chi connectivity index (χ0) is 20.6. The summed E-state index contributed by atoms with van der Waals surface area (Å²) in [6.07, 6.45) is -3.30. The van der Waals surface area contributed by atoms with Crippen molar-refractivity contribution in [1.29, 1.82) is 0 Å². The molecule has 28 heavy (non-hydrogen) atoms. The lowest BCUT2D eigenvalue weighted by Gasteiger charge is -2.14. The van der Waals surface area contributed by atoms with Gasteiger partial charge in [0.05, 0.1) is 21.8 Å². The highest BCUT2D eigenvalue weighted by atomic mass is 35.5. The largest absolute Gasteiger partial charge is 0.416 e. The first-order chi connectivity index (χ1) is 13.1. The van der Waals surface area contributed by atoms with E-state index in [0.29, 0.717) is 17.1 Å². The third kappa shape index (κ3) is 3.86. The third-order valence-corrected chi connectivity index (χ3v) is 4.73. The summed E-state index contributed by atoms with van der Waals surface area (Å²) < 4.78 is 40.7. The molecule has 0 saturated heterocycles. The van der Waals surface area contributed by atoms with E-state index in [9.17, 15) is 22.8 Å². The number of fused-ring (bicyclic) bond motifs is 1. The molecule has 0 spiro atoms. The van der Waals surface area contributed by atoms with Crippen molar-refractivity contribution in [3.8, 4) is 0 Å². The summed E-state index contributed by atoms with van der Waals surface area (Å²) in [5.41, 5.74) is -1.58. The summed E-state index contributed by atoms with van der Waals surface area (Å²) >= 11 is 11.9. The van der Waals surface area contributed by atoms with Crippen LogP contribution in [0.25, 0.3) is 10.9 Å². The number of nitrogens with one attached hydrogen (secondary N) is 1. The van der Waals surface area contributed by atoms with Gasteiger partial charge < -0.3 is 9.88 Å². The fourth-order valence-corrected chi connectivity index (χ4v) is 3.12. The Kier molecular flexibility index (Phi) is 5.41. The first-order valence-corrected chi connectivity index (χ1v) is 8.88. The number of nitrogens with zero attached hydrogens (tertiary/aromatic N) is 1. The molecule has 0 fully saturated rings. The van der Waals surface area contributed by atoms with Crippen molar-refractivity contribution < 1.29 is 18.0 Å². The van der Waals surface area contributed by atoms with E-state index in [0.717, 1.165) is 12.1 Å². The second-order valence-corrected chi connectivity index (χ2v) is 6.81. The van der Waals surface area contributed by atoms with Crippen LogP contribution in [0, 0.1) is 0 Å². The fraction of sp³-hybridized carbons (Fsp3) is 0.158. The quantitative estimate of drug-likeness (QED) is 0.590. The van der Waals surface area contributed by atoms with Gasteiger partial charge >= 0.3 is 6.18 Å². The molecule has 1 N–H and O–H groups in total. The first kappa shape index (κ1) is 20.2. The SMILES string of the molecule is CCn1cc(C(=O)Nc2cc(Cl)ccc2Cl)c(=O)c2cc(C(F)(F)F)ccc21. The summed E-state index contributed by atoms with van der Waals surface area (Å²) in [6, 6.07) is 7.28. The Labute approximate surface area is 167 Å². The Morgan fingerprint density at radius 1 is 1.14 bits per heavy atom. The zero-order valence-electron chi connectivity index (χ0n) is 14.4. The lowest BCUT2D eigenvalue weighted by atomic mass is 10.1. The average Bonchev–Trinajstić information content (AvgIpc) is 2.64. The maximum Gasteiger partial charge on any atom is 0.416 e. The van der Waals surface area contributed by atoms with Crippen molar-refractivity contribution >= 4 is 45.7 Å². The van der Waals surface area contributed by atoms with E-state index in [1.807, 2.05) is 0 Å². The monoisotopic (exact) mass is 428 g/mol. The highest BCUT2D eigenvalue weighted by Gasteiger charge is 2.31. The Morgan fingerprint density at radius 3 is 2.50 bits per heavy atom. The molecule has 2 aromatic carbocycles. The number of rotatable bonds is 3. The van der Waals surface area contributed by atoms with Crippen LogP contribution >= 0.6 is 23.2 Å². The molecule has 4 nitrogen and oxygen atoms in total. The Hall–Kier alpha value is -2.51. The van der Waals surface area contributed by atoms with Crippen molar-refractivity contribution in [1.82, 2.24) is 4.57 Å². The molecule has 0 aliphatic heterocycles. The van der Waals surface area contributed by atoms with Gasteiger partial charge in [-0.2, -0.15) is 13.2 Å². The number of hydrogen-bond donors (Lipinski definition) is 1. The van der Waals surface area contributed by atoms with Crippen molar-refractivity contribution in [2.75, 3.05) is 5.32 Å². The molecule has 0 radical (unpaired) electrons. The number of aryl methyl sites for hydroxylation is 1. The van der Waals surface area contributed by atoms with Crippen LogP contribution < -0.4 is 10.7 Å². The van der Waals surface area contributed by atoms with Gasteiger partial charge in [0, 0.05) is 23.2 Å². The minimum atomic E-state index is -4.61. The van der Waals surface area contributed by atoms with Crippen LogP contribution in [-0.4, -0.2) is 10.5 Å². The number of aromatic nitrogens is 1. The summed E-state index contributed by atoms with van der Waals surface area (Å²) in [7, 11) is 0. The number of benzene rings is 2. The van der Waals surface area contributed by atoms with Gasteiger partial charge in [0.1, 0.15) is 5.56 Å². The number of carbonyl (C=O) groups is 1. The van der Waals surface area contributed by atoms with E-state index in [-0.39, 0.29) is 21.7 Å². The van der Waals surface area contributed by atoms with Gasteiger partial charge in [-0.1, -0.05) is 23.2 Å². The van der Waals surface area contributed by atoms with E-state index < -0.39 is 23.1 Å². The highest BCUT2D eigenvalue weighted by Crippen LogP contribution is 2.31. The molecule has 3 aromatic rings. The Morgan fingerprint density at radius 2 is 1.86 bits per heavy atom. The molecular weight excluding hydrogens is 416 g/mol. The van der Waals surface area contributed by atoms with Gasteiger partial charge in [0.25, 0.3) is 5.91 Å². The van der Waals surface area contributed by atoms with Gasteiger partial charge in [-0.15, -0.1) is 0 Å². The molecule has 0 aliphatic carbocycles. The van der Waals surface area contributed by atoms with Gasteiger partial charge in [0.15, 0.2) is 0 Å². The van der Waals surface area contributed by atoms with Crippen LogP contribution in [0.3, 0.4) is 0 Å². The van der Waals surface area contributed by atoms with E-state index >= 15 is 0 Å². The normalized spacial score (nSPS) is 11.6. The van der Waals surface area contributed by atoms with Crippen LogP contribution in [-0.2, 0) is 12.7 Å². The van der Waals surface area contributed by atoms with Crippen LogP contribution in [0.15, 0.2) is 47.4 Å². The van der Waals surface area contributed by atoms with Gasteiger partial charge in [0.2, 0.25) is 5.43 Å². The predicted molar refractivity (Wildman–Crippen MR) is 103 cm³/mol.